The number of H-pyrrole nitrogens is 2. The second-order valence-electron chi connectivity index (χ2n) is 20.6. The van der Waals surface area contributed by atoms with Gasteiger partial charge in [0.2, 0.25) is 41.4 Å². The van der Waals surface area contributed by atoms with Crippen LogP contribution in [0.25, 0.3) is 87.5 Å². The number of aromatic nitrogens is 10. The highest BCUT2D eigenvalue weighted by molar-refractivity contribution is 6.12. The number of hydrogen-bond donors (Lipinski definition) is 6. The van der Waals surface area contributed by atoms with Crippen LogP contribution in [0.5, 0.6) is 0 Å². The van der Waals surface area contributed by atoms with Crippen molar-refractivity contribution in [3.8, 4) is 0 Å². The minimum absolute atomic E-state index is 0.00695. The van der Waals surface area contributed by atoms with E-state index in [-0.39, 0.29) is 47.3 Å². The van der Waals surface area contributed by atoms with Gasteiger partial charge in [0.1, 0.15) is 22.8 Å². The van der Waals surface area contributed by atoms with Crippen molar-refractivity contribution >= 4 is 129 Å². The number of nitrogens with one attached hydrogen (secondary N) is 6. The highest BCUT2D eigenvalue weighted by Crippen LogP contribution is 2.40. The van der Waals surface area contributed by atoms with Crippen LogP contribution in [0.2, 0.25) is 0 Å². The quantitative estimate of drug-likeness (QED) is 0.0955. The molecular weight excluding hydrogens is 1060 g/mol. The molecule has 12 heterocycles. The van der Waals surface area contributed by atoms with Crippen molar-refractivity contribution in [1.29, 1.82) is 0 Å². The molecule has 7 amide bonds. The normalized spacial score (nSPS) is 19.5. The lowest BCUT2D eigenvalue weighted by Crippen LogP contribution is -2.39. The molecule has 0 spiro atoms. The fourth-order valence-electron chi connectivity index (χ4n) is 11.5. The first-order chi connectivity index (χ1) is 39.8. The van der Waals surface area contributed by atoms with Gasteiger partial charge in [-0.25, -0.2) is 0 Å². The second-order valence-corrected chi connectivity index (χ2v) is 20.6. The molecule has 4 atom stereocenters. The summed E-state index contributed by atoms with van der Waals surface area (Å²) >= 11 is 0. The predicted octanol–water partition coefficient (Wildman–Crippen LogP) is 7.12. The summed E-state index contributed by atoms with van der Waals surface area (Å²) in [5.41, 5.74) is 9.85. The van der Waals surface area contributed by atoms with Crippen LogP contribution in [0.15, 0.2) is 116 Å². The van der Waals surface area contributed by atoms with Crippen LogP contribution < -0.4 is 21.3 Å². The summed E-state index contributed by atoms with van der Waals surface area (Å²) in [7, 11) is 3.93. The molecule has 0 unspecified atom stereocenters. The Kier molecular flexibility index (Phi) is 12.6. The molecule has 412 valence electrons. The number of hydrogen-bond acceptors (Lipinski definition) is 17. The molecular formula is C57H48N14O11. The Morgan fingerprint density at radius 3 is 1.12 bits per heavy atom. The third kappa shape index (κ3) is 8.87. The zero-order valence-electron chi connectivity index (χ0n) is 43.8. The first-order valence-electron chi connectivity index (χ1n) is 26.4. The van der Waals surface area contributed by atoms with Gasteiger partial charge in [-0.15, -0.1) is 0 Å². The van der Waals surface area contributed by atoms with Gasteiger partial charge in [-0.05, 0) is 86.3 Å². The van der Waals surface area contributed by atoms with Crippen LogP contribution in [-0.2, 0) is 47.7 Å². The van der Waals surface area contributed by atoms with E-state index < -0.39 is 17.8 Å². The highest BCUT2D eigenvalue weighted by Gasteiger charge is 2.36. The minimum atomic E-state index is -0.463. The molecule has 6 N–H and O–H groups in total. The predicted molar refractivity (Wildman–Crippen MR) is 293 cm³/mol. The summed E-state index contributed by atoms with van der Waals surface area (Å²) < 4.78 is 25.5. The molecule has 4 aliphatic rings. The molecule has 8 aromatic heterocycles. The average molecular weight is 1110 g/mol. The first-order valence-corrected chi connectivity index (χ1v) is 26.4. The zero-order valence-corrected chi connectivity index (χ0v) is 43.8. The Bertz CT molecular complexity index is 4350. The van der Waals surface area contributed by atoms with Gasteiger partial charge in [0.15, 0.2) is 22.3 Å². The SMILES string of the molecule is C=C1NC(=O)CC[C@@H]1c1noc2ccc3[nH]ncc3c12.Cn1ccc2c3c([C@@H]4CCC(=O)NC4=O)noc3ccc21.Cn1ccc2c3c([C@H]4CCC(=O)NC4=O)noc3ccc21.O=C1CC[C@@H](c2noc3ccc4[nH]ncc4c23)C(=O)N1. The van der Waals surface area contributed by atoms with E-state index in [1.165, 1.54) is 0 Å². The van der Waals surface area contributed by atoms with Crippen LogP contribution in [-0.4, -0.2) is 91.5 Å². The van der Waals surface area contributed by atoms with Gasteiger partial charge < -0.3 is 32.5 Å². The van der Waals surface area contributed by atoms with Crippen LogP contribution in [0, 0.1) is 0 Å². The number of rotatable bonds is 4. The van der Waals surface area contributed by atoms with Gasteiger partial charge in [0.25, 0.3) is 0 Å². The monoisotopic (exact) mass is 1100 g/mol. The third-order valence-corrected chi connectivity index (χ3v) is 15.6. The first kappa shape index (κ1) is 50.9. The molecule has 25 heteroatoms. The van der Waals surface area contributed by atoms with E-state index in [9.17, 15) is 33.6 Å². The summed E-state index contributed by atoms with van der Waals surface area (Å²) in [5, 5.41) is 47.5. The summed E-state index contributed by atoms with van der Waals surface area (Å²) in [4.78, 5) is 81.3. The molecule has 4 saturated heterocycles. The Balaban J connectivity index is 0.000000103. The van der Waals surface area contributed by atoms with Crippen LogP contribution in [0.1, 0.15) is 97.8 Å². The van der Waals surface area contributed by atoms with Gasteiger partial charge in [-0.1, -0.05) is 27.2 Å². The van der Waals surface area contributed by atoms with Gasteiger partial charge in [-0.3, -0.25) is 59.7 Å². The van der Waals surface area contributed by atoms with E-state index in [0.717, 1.165) is 76.4 Å². The molecule has 16 rings (SSSR count). The van der Waals surface area contributed by atoms with E-state index >= 15 is 0 Å². The lowest BCUT2D eigenvalue weighted by molar-refractivity contribution is -0.136. The van der Waals surface area contributed by atoms with Crippen LogP contribution in [0.4, 0.5) is 0 Å². The smallest absolute Gasteiger partial charge is 0.235 e. The van der Waals surface area contributed by atoms with E-state index in [4.69, 9.17) is 18.1 Å². The average Bonchev–Trinajstić information content (AvgIpc) is 4.53. The third-order valence-electron chi connectivity index (χ3n) is 15.6. The number of piperidine rings is 4. The van der Waals surface area contributed by atoms with E-state index in [1.807, 2.05) is 90.2 Å². The number of carbonyl (C=O) groups is 7. The van der Waals surface area contributed by atoms with Crippen molar-refractivity contribution in [2.45, 2.75) is 75.0 Å². The fraction of sp³-hybridized carbons (Fsp3) is 0.246. The van der Waals surface area contributed by atoms with Gasteiger partial charge in [0.05, 0.1) is 62.7 Å². The number of fused-ring (bicyclic) bond motifs is 12. The van der Waals surface area contributed by atoms with Crippen molar-refractivity contribution in [2.75, 3.05) is 0 Å². The molecule has 82 heavy (non-hydrogen) atoms. The minimum Gasteiger partial charge on any atom is -0.356 e. The topological polar surface area (TPSA) is 339 Å². The van der Waals surface area contributed by atoms with E-state index in [0.29, 0.717) is 90.9 Å². The Morgan fingerprint density at radius 1 is 0.427 bits per heavy atom. The van der Waals surface area contributed by atoms with Gasteiger partial charge in [-0.2, -0.15) is 10.2 Å². The van der Waals surface area contributed by atoms with Crippen LogP contribution >= 0.6 is 0 Å². The maximum absolute atomic E-state index is 12.1. The molecule has 25 nitrogen and oxygen atoms in total. The summed E-state index contributed by atoms with van der Waals surface area (Å²) in [6.07, 6.45) is 10.9. The zero-order chi connectivity index (χ0) is 56.5. The number of amides is 7. The number of imide groups is 3. The second kappa shape index (κ2) is 20.3. The van der Waals surface area contributed by atoms with Crippen molar-refractivity contribution in [3.05, 3.63) is 121 Å². The van der Waals surface area contributed by atoms with Crippen molar-refractivity contribution in [3.63, 3.8) is 0 Å². The number of aromatic amines is 2. The molecule has 0 saturated carbocycles. The maximum Gasteiger partial charge on any atom is 0.235 e. The summed E-state index contributed by atoms with van der Waals surface area (Å²) in [5.74, 6) is -2.96. The van der Waals surface area contributed by atoms with Gasteiger partial charge >= 0.3 is 0 Å². The van der Waals surface area contributed by atoms with Gasteiger partial charge in [0, 0.05) is 96.4 Å². The number of allylic oxidation sites excluding steroid dienone is 1. The van der Waals surface area contributed by atoms with Crippen molar-refractivity contribution < 1.29 is 51.7 Å². The lowest BCUT2D eigenvalue weighted by Gasteiger charge is -2.23. The number of aryl methyl sites for hydroxylation is 2. The Hall–Kier alpha value is -10.6. The number of nitrogens with zero attached hydrogens (tertiary/aromatic N) is 8. The molecule has 0 aliphatic carbocycles. The molecule has 4 fully saturated rings. The van der Waals surface area contributed by atoms with E-state index in [1.54, 1.807) is 18.5 Å². The van der Waals surface area contributed by atoms with Crippen molar-refractivity contribution in [2.24, 2.45) is 14.1 Å². The summed E-state index contributed by atoms with van der Waals surface area (Å²) in [6.45, 7) is 3.94. The lowest BCUT2D eigenvalue weighted by atomic mass is 9.90. The highest BCUT2D eigenvalue weighted by atomic mass is 16.5. The Labute approximate surface area is 460 Å². The molecule has 4 aromatic carbocycles. The number of carbonyl (C=O) groups excluding carboxylic acids is 7. The van der Waals surface area contributed by atoms with Crippen LogP contribution in [0.3, 0.4) is 0 Å². The Morgan fingerprint density at radius 2 is 0.756 bits per heavy atom. The molecule has 0 radical (unpaired) electrons. The molecule has 4 aliphatic heterocycles. The van der Waals surface area contributed by atoms with Crippen molar-refractivity contribution in [1.82, 2.24) is 71.4 Å². The summed E-state index contributed by atoms with van der Waals surface area (Å²) in [6, 6.07) is 19.1. The molecule has 0 bridgehead atoms. The standard InChI is InChI=1S/2C15H13N3O3.C14H12N4O2.C13H10N4O3/c2*1-18-7-6-8-10(18)3-4-11-13(8)14(17-21-11)9-2-5-12(19)16-15(9)20;1-7-8(2-5-12(19)16-7)14-13-9-6-15-17-10(9)3-4-11(13)20-18-14;18-10-4-1-6(13(19)15-10)12-11-7-5-14-16-8(7)2-3-9(11)20-17-12/h2*3-4,6-7,9H,2,5H2,1H3,(H,16,19,20);3-4,6,8H,1-2,5H2,(H,15,17)(H,16,19);2-3,5-6H,1,4H2,(H,14,16)(H,15,18,19)/t2*9-;8-;6-/m1000/s1. The number of benzene rings is 4. The fourth-order valence-corrected chi connectivity index (χ4v) is 11.5. The maximum atomic E-state index is 12.1. The van der Waals surface area contributed by atoms with E-state index in [2.05, 4.69) is 68.9 Å². The largest absolute Gasteiger partial charge is 0.356 e. The molecule has 12 aromatic rings.